The molecule has 0 saturated carbocycles. The number of thioether (sulfide) groups is 2. The Morgan fingerprint density at radius 3 is 0.711 bits per heavy atom. The molecule has 4 N–H and O–H groups in total. The first kappa shape index (κ1) is 83.8. The minimum absolute atomic E-state index is 0. The summed E-state index contributed by atoms with van der Waals surface area (Å²) in [5.74, 6) is -0.771. The van der Waals surface area contributed by atoms with Gasteiger partial charge < -0.3 is 53.2 Å². The van der Waals surface area contributed by atoms with Gasteiger partial charge in [0.15, 0.2) is 20.2 Å². The zero-order valence-corrected chi connectivity index (χ0v) is 57.4. The molecule has 41 heteroatoms. The molecule has 8 rings (SSSR count). The fourth-order valence-electron chi connectivity index (χ4n) is 6.46. The molecule has 0 heterocycles. The molecular formula is C56H34F18K2O17S4. The minimum Gasteiger partial charge on any atom is -0.743 e. The summed E-state index contributed by atoms with van der Waals surface area (Å²) in [4.78, 5) is -2.16. The molecule has 97 heavy (non-hydrogen) atoms. The van der Waals surface area contributed by atoms with Gasteiger partial charge in [-0.3, -0.25) is 0 Å². The van der Waals surface area contributed by atoms with E-state index in [1.54, 1.807) is 48.5 Å². The Morgan fingerprint density at radius 2 is 0.495 bits per heavy atom. The van der Waals surface area contributed by atoms with Gasteiger partial charge in [0.05, 0.1) is 0 Å². The molecule has 0 aliphatic carbocycles. The zero-order valence-electron chi connectivity index (χ0n) is 47.9. The van der Waals surface area contributed by atoms with Gasteiger partial charge in [-0.15, -0.1) is 0 Å². The van der Waals surface area contributed by atoms with Gasteiger partial charge in [-0.25, -0.2) is 35.1 Å². The Hall–Kier alpha value is -5.59. The minimum atomic E-state index is -7.36. The monoisotopic (exact) mass is 1530 g/mol. The normalized spacial score (nSPS) is 12.5. The van der Waals surface area contributed by atoms with Gasteiger partial charge in [-0.1, -0.05) is 0 Å². The number of aromatic hydroxyl groups is 4. The average Bonchev–Trinajstić information content (AvgIpc) is 0.762. The van der Waals surface area contributed by atoms with E-state index in [0.29, 0.717) is 23.0 Å². The molecule has 0 spiro atoms. The van der Waals surface area contributed by atoms with Crippen molar-refractivity contribution < 1.29 is 261 Å². The van der Waals surface area contributed by atoms with Crippen LogP contribution in [0.4, 0.5) is 79.0 Å². The standard InChI is InChI=1S/C34H22F8O10S2.C12H10O3.C10H4F10O4S2.2K/c35-31(36,52-32(37,38)34(41,42)54(45,46)47)33(39,40)53-30-18-28(50-26-13-9-24(10-14-26)48-22-5-1-20(43)2-6-22)17-29(19-30)51-27-15-11-25(12-16-27)49-23-7-3-21(44)4-8-23;13-9-1-5-11(6-2-9)15-12-7-3-10(14)4-8-12;11-4-1-5(12)3-6(2-4)25-9(17,18)7(13,14)24-8(15,16)10(19,20)26(21,22)23;;/h1-19,43-44H,(H,45,46,47);1-8,13-14H;1-3H,(H,21,22,23);;/q;;;2*+1/p-2. The largest absolute Gasteiger partial charge is 1.00 e. The third-order valence-corrected chi connectivity index (χ3v) is 14.5. The Balaban J connectivity index is 0.000000382. The molecule has 0 amide bonds. The van der Waals surface area contributed by atoms with E-state index in [1.165, 1.54) is 97.1 Å². The Morgan fingerprint density at radius 1 is 0.299 bits per heavy atom. The maximum Gasteiger partial charge on any atom is 1.00 e. The van der Waals surface area contributed by atoms with Crippen molar-refractivity contribution in [2.45, 2.75) is 55.2 Å². The maximum absolute atomic E-state index is 14.9. The SMILES string of the molecule is O=S(=O)([O-])C(F)(F)C(F)(F)OC(F)(F)C(F)(F)Sc1cc(F)cc(F)c1.O=S(=O)([O-])C(F)(F)C(F)(F)OC(F)(F)C(F)(F)Sc1cc(Oc2ccc(Oc3ccc(O)cc3)cc2)cc(Oc2ccc(Oc3ccc(O)cc3)cc2)c1.Oc1ccc(Oc2ccc(O)cc2)cc1.[K+].[K+]. The van der Waals surface area contributed by atoms with Crippen LogP contribution in [0.1, 0.15) is 0 Å². The third-order valence-electron chi connectivity index (χ3n) is 10.9. The van der Waals surface area contributed by atoms with E-state index in [4.69, 9.17) is 33.9 Å². The second-order valence-electron chi connectivity index (χ2n) is 18.1. The van der Waals surface area contributed by atoms with Gasteiger partial charge in [0, 0.05) is 21.9 Å². The van der Waals surface area contributed by atoms with E-state index in [-0.39, 0.29) is 178 Å². The first-order chi connectivity index (χ1) is 43.7. The molecule has 8 aromatic rings. The zero-order chi connectivity index (χ0) is 71.0. The number of phenols is 4. The van der Waals surface area contributed by atoms with Crippen molar-refractivity contribution in [2.75, 3.05) is 0 Å². The van der Waals surface area contributed by atoms with Crippen LogP contribution in [0.2, 0.25) is 0 Å². The summed E-state index contributed by atoms with van der Waals surface area (Å²) in [6.45, 7) is 0. The van der Waals surface area contributed by atoms with Gasteiger partial charge in [0.1, 0.15) is 92.1 Å². The van der Waals surface area contributed by atoms with Crippen LogP contribution in [0.25, 0.3) is 0 Å². The first-order valence-electron chi connectivity index (χ1n) is 24.8. The molecule has 0 fully saturated rings. The van der Waals surface area contributed by atoms with Crippen LogP contribution in [0.15, 0.2) is 192 Å². The van der Waals surface area contributed by atoms with Crippen molar-refractivity contribution in [3.05, 3.63) is 194 Å². The maximum atomic E-state index is 14.9. The number of phenolic OH excluding ortho intramolecular Hbond substituents is 4. The van der Waals surface area contributed by atoms with Crippen LogP contribution in [0.3, 0.4) is 0 Å². The summed E-state index contributed by atoms with van der Waals surface area (Å²) < 4.78 is 337. The van der Waals surface area contributed by atoms with Gasteiger partial charge in [-0.05, 0) is 193 Å². The molecule has 0 atom stereocenters. The molecule has 0 aliphatic rings. The summed E-state index contributed by atoms with van der Waals surface area (Å²) in [7, 11) is -14.6. The van der Waals surface area contributed by atoms with Crippen LogP contribution in [-0.2, 0) is 29.7 Å². The fraction of sp³-hybridized carbons (Fsp3) is 0.143. The fourth-order valence-corrected chi connectivity index (χ4v) is 8.74. The predicted octanol–water partition coefficient (Wildman–Crippen LogP) is 11.2. The Bertz CT molecular complexity index is 3970. The Kier molecular flexibility index (Phi) is 28.7. The number of alkyl halides is 16. The quantitative estimate of drug-likeness (QED) is 0.0190. The van der Waals surface area contributed by atoms with E-state index in [2.05, 4.69) is 4.74 Å². The van der Waals surface area contributed by atoms with Crippen molar-refractivity contribution in [2.24, 2.45) is 0 Å². The number of benzene rings is 8. The molecule has 0 aromatic heterocycles. The van der Waals surface area contributed by atoms with Crippen LogP contribution in [0.5, 0.6) is 80.5 Å². The van der Waals surface area contributed by atoms with E-state index in [9.17, 15) is 115 Å². The van der Waals surface area contributed by atoms with Crippen molar-refractivity contribution in [1.82, 2.24) is 0 Å². The van der Waals surface area contributed by atoms with Gasteiger partial charge in [-0.2, -0.15) is 70.2 Å². The average molecular weight is 1530 g/mol. The molecular weight excluding hydrogens is 1490 g/mol. The van der Waals surface area contributed by atoms with Crippen molar-refractivity contribution in [1.29, 1.82) is 0 Å². The molecule has 17 nitrogen and oxygen atoms in total. The summed E-state index contributed by atoms with van der Waals surface area (Å²) in [5, 5.41) is 11.6. The molecule has 0 bridgehead atoms. The number of hydrogen-bond donors (Lipinski definition) is 4. The molecule has 0 aliphatic heterocycles. The van der Waals surface area contributed by atoms with Crippen molar-refractivity contribution >= 4 is 43.8 Å². The second kappa shape index (κ2) is 33.3. The molecule has 8 aromatic carbocycles. The van der Waals surface area contributed by atoms with Gasteiger partial charge >= 0.3 is 148 Å². The van der Waals surface area contributed by atoms with Gasteiger partial charge in [0.25, 0.3) is 0 Å². The van der Waals surface area contributed by atoms with Crippen molar-refractivity contribution in [3.8, 4) is 80.5 Å². The van der Waals surface area contributed by atoms with Crippen molar-refractivity contribution in [3.63, 3.8) is 0 Å². The number of ether oxygens (including phenoxy) is 7. The summed E-state index contributed by atoms with van der Waals surface area (Å²) in [5.41, 5.74) is 0. The summed E-state index contributed by atoms with van der Waals surface area (Å²) in [6, 6.07) is 38.3. The van der Waals surface area contributed by atoms with Crippen LogP contribution in [0, 0.1) is 11.6 Å². The molecule has 0 radical (unpaired) electrons. The van der Waals surface area contributed by atoms with Crippen LogP contribution >= 0.6 is 23.5 Å². The second-order valence-corrected chi connectivity index (χ2v) is 23.3. The predicted molar refractivity (Wildman–Crippen MR) is 291 cm³/mol. The van der Waals surface area contributed by atoms with E-state index < -0.39 is 111 Å². The topological polar surface area (TPSA) is 260 Å². The Labute approximate surface area is 627 Å². The van der Waals surface area contributed by atoms with Crippen LogP contribution < -0.4 is 126 Å². The molecule has 0 unspecified atom stereocenters. The molecule has 512 valence electrons. The third kappa shape index (κ3) is 23.2. The van der Waals surface area contributed by atoms with E-state index >= 15 is 0 Å². The van der Waals surface area contributed by atoms with Gasteiger partial charge in [0.2, 0.25) is 0 Å². The first-order valence-corrected chi connectivity index (χ1v) is 29.2. The van der Waals surface area contributed by atoms with Crippen LogP contribution in [-0.4, -0.2) is 91.8 Å². The number of halogens is 18. The number of rotatable bonds is 24. The summed E-state index contributed by atoms with van der Waals surface area (Å²) >= 11 is -2.63. The molecule has 0 saturated heterocycles. The van der Waals surface area contributed by atoms with E-state index in [0.717, 1.165) is 18.2 Å². The smallest absolute Gasteiger partial charge is 0.743 e. The van der Waals surface area contributed by atoms with E-state index in [1.807, 2.05) is 4.74 Å². The number of hydrogen-bond acceptors (Lipinski definition) is 19. The summed E-state index contributed by atoms with van der Waals surface area (Å²) in [6.07, 6.45) is -26.8.